The molecule has 5 nitrogen and oxygen atoms in total. The molecule has 0 bridgehead atoms. The molecule has 0 saturated carbocycles. The number of carbonyl (C=O) groups is 1. The van der Waals surface area contributed by atoms with Crippen molar-refractivity contribution in [1.82, 2.24) is 5.32 Å². The Morgan fingerprint density at radius 1 is 1.23 bits per heavy atom. The summed E-state index contributed by atoms with van der Waals surface area (Å²) in [6, 6.07) is 12.6. The number of esters is 1. The summed E-state index contributed by atoms with van der Waals surface area (Å²) in [4.78, 5) is 11.7. The Morgan fingerprint density at radius 3 is 2.69 bits per heavy atom. The largest absolute Gasteiger partial charge is 0.490 e. The van der Waals surface area contributed by atoms with Gasteiger partial charge in [-0.3, -0.25) is 0 Å². The van der Waals surface area contributed by atoms with E-state index in [1.807, 2.05) is 25.1 Å². The molecule has 0 amide bonds. The molecule has 2 aromatic carbocycles. The Balaban J connectivity index is 1.80. The molecule has 2 rings (SSSR count). The highest BCUT2D eigenvalue weighted by Gasteiger charge is 2.09. The van der Waals surface area contributed by atoms with Gasteiger partial charge < -0.3 is 20.1 Å². The van der Waals surface area contributed by atoms with E-state index in [1.165, 1.54) is 0 Å². The summed E-state index contributed by atoms with van der Waals surface area (Å²) in [5.41, 5.74) is 2.23. The van der Waals surface area contributed by atoms with Gasteiger partial charge in [0.2, 0.25) is 0 Å². The van der Waals surface area contributed by atoms with Gasteiger partial charge >= 0.3 is 5.97 Å². The molecule has 0 heterocycles. The Kier molecular flexibility index (Phi) is 7.69. The van der Waals surface area contributed by atoms with Crippen molar-refractivity contribution in [3.8, 4) is 5.75 Å². The minimum absolute atomic E-state index is 0.334. The van der Waals surface area contributed by atoms with E-state index in [0.717, 1.165) is 11.3 Å². The van der Waals surface area contributed by atoms with Crippen LogP contribution in [0.3, 0.4) is 0 Å². The van der Waals surface area contributed by atoms with Crippen molar-refractivity contribution < 1.29 is 14.3 Å². The molecular weight excluding hydrogens is 372 g/mol. The highest BCUT2D eigenvalue weighted by atomic mass is 35.5. The Bertz CT molecular complexity index is 783. The van der Waals surface area contributed by atoms with Gasteiger partial charge in [0, 0.05) is 5.69 Å². The second kappa shape index (κ2) is 9.99. The fourth-order valence-electron chi connectivity index (χ4n) is 2.20. The lowest BCUT2D eigenvalue weighted by Gasteiger charge is -2.14. The van der Waals surface area contributed by atoms with E-state index in [1.54, 1.807) is 31.2 Å². The van der Waals surface area contributed by atoms with Gasteiger partial charge in [-0.25, -0.2) is 4.79 Å². The highest BCUT2D eigenvalue weighted by molar-refractivity contribution is 7.80. The molecule has 0 spiro atoms. The van der Waals surface area contributed by atoms with Crippen LogP contribution in [0.25, 0.3) is 0 Å². The van der Waals surface area contributed by atoms with Crippen LogP contribution in [0.1, 0.15) is 22.8 Å². The molecule has 0 aromatic heterocycles. The predicted octanol–water partition coefficient (Wildman–Crippen LogP) is 4.19. The fourth-order valence-corrected chi connectivity index (χ4v) is 2.60. The molecule has 2 aromatic rings. The summed E-state index contributed by atoms with van der Waals surface area (Å²) in [5.74, 6) is 0.305. The number of anilines is 1. The monoisotopic (exact) mass is 392 g/mol. The van der Waals surface area contributed by atoms with Gasteiger partial charge in [-0.05, 0) is 62.0 Å². The maximum absolute atomic E-state index is 11.7. The van der Waals surface area contributed by atoms with Crippen LogP contribution in [0.5, 0.6) is 5.75 Å². The molecule has 26 heavy (non-hydrogen) atoms. The van der Waals surface area contributed by atoms with E-state index in [9.17, 15) is 4.79 Å². The zero-order valence-electron chi connectivity index (χ0n) is 14.7. The van der Waals surface area contributed by atoms with Crippen molar-refractivity contribution in [1.29, 1.82) is 0 Å². The number of nitrogens with one attached hydrogen (secondary N) is 2. The van der Waals surface area contributed by atoms with Crippen molar-refractivity contribution in [3.63, 3.8) is 0 Å². The van der Waals surface area contributed by atoms with Crippen molar-refractivity contribution in [3.05, 3.63) is 58.6 Å². The first-order chi connectivity index (χ1) is 12.5. The van der Waals surface area contributed by atoms with Gasteiger partial charge in [0.25, 0.3) is 0 Å². The van der Waals surface area contributed by atoms with Gasteiger partial charge in [-0.2, -0.15) is 0 Å². The quantitative estimate of drug-likeness (QED) is 0.418. The van der Waals surface area contributed by atoms with Crippen LogP contribution >= 0.6 is 23.8 Å². The first kappa shape index (κ1) is 20.0. The molecule has 0 aliphatic heterocycles. The van der Waals surface area contributed by atoms with Crippen LogP contribution in [0.2, 0.25) is 5.02 Å². The van der Waals surface area contributed by atoms with Gasteiger partial charge in [0.05, 0.1) is 23.7 Å². The molecule has 7 heteroatoms. The third-order valence-electron chi connectivity index (χ3n) is 3.47. The van der Waals surface area contributed by atoms with Crippen LogP contribution in [-0.2, 0) is 4.74 Å². The Hall–Kier alpha value is -2.31. The van der Waals surface area contributed by atoms with Gasteiger partial charge in [-0.1, -0.05) is 23.7 Å². The Morgan fingerprint density at radius 2 is 2.00 bits per heavy atom. The normalized spacial score (nSPS) is 10.1. The van der Waals surface area contributed by atoms with Crippen LogP contribution in [0.4, 0.5) is 5.69 Å². The van der Waals surface area contributed by atoms with Crippen LogP contribution < -0.4 is 15.4 Å². The minimum Gasteiger partial charge on any atom is -0.490 e. The van der Waals surface area contributed by atoms with Crippen LogP contribution in [-0.4, -0.2) is 30.8 Å². The molecule has 0 fully saturated rings. The third kappa shape index (κ3) is 5.89. The molecule has 0 unspecified atom stereocenters. The third-order valence-corrected chi connectivity index (χ3v) is 4.03. The topological polar surface area (TPSA) is 59.6 Å². The average molecular weight is 393 g/mol. The van der Waals surface area contributed by atoms with Crippen molar-refractivity contribution in [2.75, 3.05) is 25.1 Å². The number of benzene rings is 2. The van der Waals surface area contributed by atoms with E-state index in [4.69, 9.17) is 33.3 Å². The van der Waals surface area contributed by atoms with E-state index < -0.39 is 0 Å². The van der Waals surface area contributed by atoms with Crippen molar-refractivity contribution >= 4 is 40.6 Å². The lowest BCUT2D eigenvalue weighted by molar-refractivity contribution is 0.0526. The summed E-state index contributed by atoms with van der Waals surface area (Å²) in [7, 11) is 0. The second-order valence-corrected chi connectivity index (χ2v) is 6.23. The summed E-state index contributed by atoms with van der Waals surface area (Å²) in [5, 5.41) is 7.22. The summed E-state index contributed by atoms with van der Waals surface area (Å²) in [6.07, 6.45) is 0. The first-order valence-corrected chi connectivity index (χ1v) is 9.00. The van der Waals surface area contributed by atoms with Crippen LogP contribution in [0.15, 0.2) is 42.5 Å². The lowest BCUT2D eigenvalue weighted by atomic mass is 10.1. The SMILES string of the molecule is CCOC(=O)c1ccc(NC(=S)NCCOc2ccccc2Cl)c(C)c1. The fraction of sp³-hybridized carbons (Fsp3) is 0.263. The number of hydrogen-bond acceptors (Lipinski definition) is 4. The van der Waals surface area contributed by atoms with Crippen LogP contribution in [0, 0.1) is 6.92 Å². The molecule has 0 atom stereocenters. The standard InChI is InChI=1S/C19H21ClN2O3S/c1-3-24-18(23)14-8-9-16(13(2)12-14)22-19(26)21-10-11-25-17-7-5-4-6-15(17)20/h4-9,12H,3,10-11H2,1-2H3,(H2,21,22,26). The predicted molar refractivity (Wildman–Crippen MR) is 108 cm³/mol. The maximum atomic E-state index is 11.7. The smallest absolute Gasteiger partial charge is 0.338 e. The number of halogens is 1. The van der Waals surface area contributed by atoms with E-state index >= 15 is 0 Å². The maximum Gasteiger partial charge on any atom is 0.338 e. The molecule has 0 aliphatic carbocycles. The summed E-state index contributed by atoms with van der Waals surface area (Å²) in [6.45, 7) is 4.97. The number of thiocarbonyl (C=S) groups is 1. The Labute approximate surface area is 163 Å². The number of para-hydroxylation sites is 1. The molecule has 0 radical (unpaired) electrons. The van der Waals surface area contributed by atoms with Gasteiger partial charge in [0.1, 0.15) is 12.4 Å². The van der Waals surface area contributed by atoms with E-state index in [-0.39, 0.29) is 5.97 Å². The zero-order valence-corrected chi connectivity index (χ0v) is 16.2. The second-order valence-electron chi connectivity index (χ2n) is 5.41. The van der Waals surface area contributed by atoms with Gasteiger partial charge in [-0.15, -0.1) is 0 Å². The molecule has 0 aliphatic rings. The average Bonchev–Trinajstić information content (AvgIpc) is 2.62. The van der Waals surface area contributed by atoms with E-state index in [0.29, 0.717) is 41.2 Å². The molecular formula is C19H21ClN2O3S. The lowest BCUT2D eigenvalue weighted by Crippen LogP contribution is -2.32. The van der Waals surface area contributed by atoms with Gasteiger partial charge in [0.15, 0.2) is 5.11 Å². The number of rotatable bonds is 7. The number of hydrogen-bond donors (Lipinski definition) is 2. The number of carbonyl (C=O) groups excluding carboxylic acids is 1. The molecule has 2 N–H and O–H groups in total. The molecule has 0 saturated heterocycles. The summed E-state index contributed by atoms with van der Waals surface area (Å²) >= 11 is 11.3. The van der Waals surface area contributed by atoms with Crippen molar-refractivity contribution in [2.24, 2.45) is 0 Å². The first-order valence-electron chi connectivity index (χ1n) is 8.21. The minimum atomic E-state index is -0.334. The number of ether oxygens (including phenoxy) is 2. The summed E-state index contributed by atoms with van der Waals surface area (Å²) < 4.78 is 10.6. The molecule has 138 valence electrons. The number of aryl methyl sites for hydroxylation is 1. The highest BCUT2D eigenvalue weighted by Crippen LogP contribution is 2.22. The zero-order chi connectivity index (χ0) is 18.9. The van der Waals surface area contributed by atoms with Crippen molar-refractivity contribution in [2.45, 2.75) is 13.8 Å². The van der Waals surface area contributed by atoms with E-state index in [2.05, 4.69) is 10.6 Å².